The Morgan fingerprint density at radius 3 is 2.71 bits per heavy atom. The SMILES string of the molecule is CC(C)(C)OC(=O)N1CCOCC1C1CCCC(=O)C1=O. The van der Waals surface area contributed by atoms with Gasteiger partial charge in [-0.25, -0.2) is 4.79 Å². The highest BCUT2D eigenvalue weighted by Gasteiger charge is 2.42. The second kappa shape index (κ2) is 6.13. The third kappa shape index (κ3) is 3.81. The molecule has 0 radical (unpaired) electrons. The first-order valence-electron chi connectivity index (χ1n) is 7.44. The quantitative estimate of drug-likeness (QED) is 0.687. The summed E-state index contributed by atoms with van der Waals surface area (Å²) in [5.41, 5.74) is -0.591. The van der Waals surface area contributed by atoms with E-state index in [1.165, 1.54) is 0 Å². The van der Waals surface area contributed by atoms with E-state index >= 15 is 0 Å². The summed E-state index contributed by atoms with van der Waals surface area (Å²) in [6, 6.07) is -0.398. The van der Waals surface area contributed by atoms with Gasteiger partial charge in [-0.1, -0.05) is 0 Å². The molecule has 1 saturated carbocycles. The molecule has 21 heavy (non-hydrogen) atoms. The molecule has 0 spiro atoms. The molecule has 1 saturated heterocycles. The molecule has 6 nitrogen and oxygen atoms in total. The van der Waals surface area contributed by atoms with Crippen LogP contribution in [0, 0.1) is 5.92 Å². The lowest BCUT2D eigenvalue weighted by Crippen LogP contribution is -2.56. The molecular formula is C15H23NO5. The molecule has 6 heteroatoms. The van der Waals surface area contributed by atoms with Gasteiger partial charge in [-0.2, -0.15) is 0 Å². The molecule has 118 valence electrons. The minimum Gasteiger partial charge on any atom is -0.444 e. The summed E-state index contributed by atoms with van der Waals surface area (Å²) in [6.45, 7) is 6.49. The smallest absolute Gasteiger partial charge is 0.410 e. The molecule has 2 rings (SSSR count). The Balaban J connectivity index is 2.13. The maximum absolute atomic E-state index is 12.3. The van der Waals surface area contributed by atoms with E-state index in [-0.39, 0.29) is 18.2 Å². The molecule has 2 fully saturated rings. The lowest BCUT2D eigenvalue weighted by atomic mass is 9.81. The summed E-state index contributed by atoms with van der Waals surface area (Å²) in [5.74, 6) is -1.16. The van der Waals surface area contributed by atoms with E-state index in [4.69, 9.17) is 9.47 Å². The van der Waals surface area contributed by atoms with Gasteiger partial charge >= 0.3 is 6.09 Å². The number of hydrogen-bond donors (Lipinski definition) is 0. The number of morpholine rings is 1. The highest BCUT2D eigenvalue weighted by atomic mass is 16.6. The predicted molar refractivity (Wildman–Crippen MR) is 74.9 cm³/mol. The van der Waals surface area contributed by atoms with Crippen LogP contribution < -0.4 is 0 Å². The molecule has 0 N–H and O–H groups in total. The Kier molecular flexibility index (Phi) is 4.66. The van der Waals surface area contributed by atoms with Crippen LogP contribution in [0.25, 0.3) is 0 Å². The minimum atomic E-state index is -0.591. The van der Waals surface area contributed by atoms with Crippen molar-refractivity contribution >= 4 is 17.7 Å². The Bertz CT molecular complexity index is 440. The van der Waals surface area contributed by atoms with Gasteiger partial charge in [-0.3, -0.25) is 14.5 Å². The number of hydrogen-bond acceptors (Lipinski definition) is 5. The van der Waals surface area contributed by atoms with Crippen molar-refractivity contribution in [1.82, 2.24) is 4.90 Å². The van der Waals surface area contributed by atoms with E-state index in [0.717, 1.165) is 0 Å². The van der Waals surface area contributed by atoms with Gasteiger partial charge in [0.15, 0.2) is 5.78 Å². The molecule has 1 amide bonds. The third-order valence-electron chi connectivity index (χ3n) is 3.79. The number of carbonyl (C=O) groups excluding carboxylic acids is 3. The summed E-state index contributed by atoms with van der Waals surface area (Å²) in [5, 5.41) is 0. The Labute approximate surface area is 124 Å². The van der Waals surface area contributed by atoms with Gasteiger partial charge in [0.25, 0.3) is 0 Å². The normalized spacial score (nSPS) is 27.7. The summed E-state index contributed by atoms with van der Waals surface area (Å²) in [7, 11) is 0. The molecule has 0 bridgehead atoms. The zero-order valence-electron chi connectivity index (χ0n) is 12.9. The van der Waals surface area contributed by atoms with Crippen molar-refractivity contribution in [1.29, 1.82) is 0 Å². The predicted octanol–water partition coefficient (Wildman–Crippen LogP) is 1.56. The lowest BCUT2D eigenvalue weighted by Gasteiger charge is -2.40. The first-order chi connectivity index (χ1) is 9.79. The van der Waals surface area contributed by atoms with Crippen molar-refractivity contribution < 1.29 is 23.9 Å². The fourth-order valence-corrected chi connectivity index (χ4v) is 2.81. The average molecular weight is 297 g/mol. The largest absolute Gasteiger partial charge is 0.444 e. The van der Waals surface area contributed by atoms with Gasteiger partial charge in [0.05, 0.1) is 19.3 Å². The van der Waals surface area contributed by atoms with Crippen molar-refractivity contribution in [3.05, 3.63) is 0 Å². The minimum absolute atomic E-state index is 0.281. The van der Waals surface area contributed by atoms with Gasteiger partial charge in [-0.15, -0.1) is 0 Å². The Morgan fingerprint density at radius 2 is 2.05 bits per heavy atom. The van der Waals surface area contributed by atoms with Crippen molar-refractivity contribution in [2.45, 2.75) is 51.7 Å². The second-order valence-corrected chi connectivity index (χ2v) is 6.60. The number of ketones is 2. The molecule has 1 aliphatic heterocycles. The highest BCUT2D eigenvalue weighted by Crippen LogP contribution is 2.27. The van der Waals surface area contributed by atoms with Gasteiger partial charge in [0.1, 0.15) is 5.60 Å². The Hall–Kier alpha value is -1.43. The topological polar surface area (TPSA) is 72.9 Å². The summed E-state index contributed by atoms with van der Waals surface area (Å²) >= 11 is 0. The maximum atomic E-state index is 12.3. The van der Waals surface area contributed by atoms with Crippen molar-refractivity contribution in [2.75, 3.05) is 19.8 Å². The first-order valence-corrected chi connectivity index (χ1v) is 7.44. The molecular weight excluding hydrogens is 274 g/mol. The van der Waals surface area contributed by atoms with Crippen molar-refractivity contribution in [2.24, 2.45) is 5.92 Å². The zero-order valence-corrected chi connectivity index (χ0v) is 12.9. The van der Waals surface area contributed by atoms with Crippen LogP contribution in [-0.4, -0.2) is 54.0 Å². The van der Waals surface area contributed by atoms with E-state index in [1.807, 2.05) is 0 Å². The van der Waals surface area contributed by atoms with Crippen LogP contribution in [0.4, 0.5) is 4.79 Å². The van der Waals surface area contributed by atoms with Crippen LogP contribution in [0.5, 0.6) is 0 Å². The van der Waals surface area contributed by atoms with Crippen molar-refractivity contribution in [3.8, 4) is 0 Å². The van der Waals surface area contributed by atoms with Crippen LogP contribution in [0.1, 0.15) is 40.0 Å². The monoisotopic (exact) mass is 297 g/mol. The molecule has 0 aromatic rings. The zero-order chi connectivity index (χ0) is 15.6. The van der Waals surface area contributed by atoms with Crippen LogP contribution in [0.2, 0.25) is 0 Å². The molecule has 2 unspecified atom stereocenters. The molecule has 1 aliphatic carbocycles. The molecule has 1 heterocycles. The van der Waals surface area contributed by atoms with Gasteiger partial charge in [0, 0.05) is 18.9 Å². The van der Waals surface area contributed by atoms with Crippen LogP contribution in [0.3, 0.4) is 0 Å². The number of amides is 1. The first kappa shape index (κ1) is 15.9. The van der Waals surface area contributed by atoms with E-state index in [9.17, 15) is 14.4 Å². The number of nitrogens with zero attached hydrogens (tertiary/aromatic N) is 1. The second-order valence-electron chi connectivity index (χ2n) is 6.60. The lowest BCUT2D eigenvalue weighted by molar-refractivity contribution is -0.144. The van der Waals surface area contributed by atoms with Crippen molar-refractivity contribution in [3.63, 3.8) is 0 Å². The van der Waals surface area contributed by atoms with Gasteiger partial charge in [-0.05, 0) is 33.6 Å². The molecule has 0 aromatic heterocycles. The Morgan fingerprint density at radius 1 is 1.33 bits per heavy atom. The van der Waals surface area contributed by atoms with E-state index in [2.05, 4.69) is 0 Å². The maximum Gasteiger partial charge on any atom is 0.410 e. The fourth-order valence-electron chi connectivity index (χ4n) is 2.81. The van der Waals surface area contributed by atoms with Crippen LogP contribution >= 0.6 is 0 Å². The molecule has 2 aliphatic rings. The number of ether oxygens (including phenoxy) is 2. The van der Waals surface area contributed by atoms with E-state index < -0.39 is 23.7 Å². The van der Waals surface area contributed by atoms with Crippen LogP contribution in [0.15, 0.2) is 0 Å². The summed E-state index contributed by atoms with van der Waals surface area (Å²) in [4.78, 5) is 37.6. The molecule has 0 aromatic carbocycles. The van der Waals surface area contributed by atoms with Gasteiger partial charge < -0.3 is 9.47 Å². The number of rotatable bonds is 1. The average Bonchev–Trinajstić information content (AvgIpc) is 2.40. The highest BCUT2D eigenvalue weighted by molar-refractivity contribution is 6.38. The number of Topliss-reactive ketones (excluding diaryl/α,β-unsaturated/α-hetero) is 2. The van der Waals surface area contributed by atoms with E-state index in [1.54, 1.807) is 25.7 Å². The van der Waals surface area contributed by atoms with Crippen LogP contribution in [-0.2, 0) is 19.1 Å². The molecule has 2 atom stereocenters. The fraction of sp³-hybridized carbons (Fsp3) is 0.800. The summed E-state index contributed by atoms with van der Waals surface area (Å²) < 4.78 is 10.8. The summed E-state index contributed by atoms with van der Waals surface area (Å²) in [6.07, 6.45) is 1.18. The van der Waals surface area contributed by atoms with E-state index in [0.29, 0.717) is 32.4 Å². The number of carbonyl (C=O) groups is 3. The van der Waals surface area contributed by atoms with Gasteiger partial charge in [0.2, 0.25) is 5.78 Å². The standard InChI is InChI=1S/C15H23NO5/c1-15(2,3)21-14(19)16-7-8-20-9-11(16)10-5-4-6-12(17)13(10)18/h10-11H,4-9H2,1-3H3. The third-order valence-corrected chi connectivity index (χ3v) is 3.79.